The molecule has 1 aromatic heterocycles. The summed E-state index contributed by atoms with van der Waals surface area (Å²) >= 11 is 0. The second-order valence-corrected chi connectivity index (χ2v) is 11.7. The summed E-state index contributed by atoms with van der Waals surface area (Å²) in [5.74, 6) is -3.46. The molecular formula is C22H33F4N4O10P. The molecule has 2 heterocycles. The molecule has 0 saturated carbocycles. The Labute approximate surface area is 231 Å². The quantitative estimate of drug-likeness (QED) is 0.139. The Morgan fingerprint density at radius 2 is 1.59 bits per heavy atom. The molecule has 0 aromatic carbocycles. The van der Waals surface area contributed by atoms with Crippen molar-refractivity contribution in [3.05, 3.63) is 32.9 Å². The second-order valence-electron chi connectivity index (χ2n) is 9.79. The second kappa shape index (κ2) is 13.6. The normalized spacial score (nSPS) is 24.6. The van der Waals surface area contributed by atoms with Gasteiger partial charge in [0.1, 0.15) is 18.2 Å². The van der Waals surface area contributed by atoms with Crippen molar-refractivity contribution in [2.75, 3.05) is 6.61 Å². The van der Waals surface area contributed by atoms with E-state index in [2.05, 4.69) is 10.2 Å². The predicted octanol–water partition coefficient (Wildman–Crippen LogP) is 0.892. The monoisotopic (exact) mass is 620 g/mol. The van der Waals surface area contributed by atoms with Gasteiger partial charge in [0.25, 0.3) is 12.0 Å². The summed E-state index contributed by atoms with van der Waals surface area (Å²) in [6, 6.07) is -2.82. The minimum atomic E-state index is -4.75. The van der Waals surface area contributed by atoms with E-state index >= 15 is 4.39 Å². The van der Waals surface area contributed by atoms with Crippen molar-refractivity contribution in [3.63, 3.8) is 0 Å². The van der Waals surface area contributed by atoms with Gasteiger partial charge in [0.05, 0.1) is 25.0 Å². The molecule has 0 radical (unpaired) electrons. The molecule has 6 atom stereocenters. The number of rotatable bonds is 13. The summed E-state index contributed by atoms with van der Waals surface area (Å²) in [5.41, 5.74) is -6.22. The number of H-pyrrole nitrogens is 1. The lowest BCUT2D eigenvalue weighted by Crippen LogP contribution is -2.53. The van der Waals surface area contributed by atoms with Gasteiger partial charge in [-0.2, -0.15) is 4.39 Å². The van der Waals surface area contributed by atoms with Crippen LogP contribution in [0.25, 0.3) is 0 Å². The lowest BCUT2D eigenvalue weighted by Gasteiger charge is -2.33. The number of hydrogen-bond donors (Lipinski definition) is 4. The van der Waals surface area contributed by atoms with E-state index in [0.717, 1.165) is 0 Å². The van der Waals surface area contributed by atoms with E-state index in [0.29, 0.717) is 0 Å². The van der Waals surface area contributed by atoms with Crippen LogP contribution >= 0.6 is 7.67 Å². The van der Waals surface area contributed by atoms with E-state index in [1.807, 2.05) is 0 Å². The Morgan fingerprint density at radius 3 is 2.02 bits per heavy atom. The maximum Gasteiger partial charge on any atom is 0.342 e. The average molecular weight is 620 g/mol. The van der Waals surface area contributed by atoms with Gasteiger partial charge in [0.15, 0.2) is 18.0 Å². The Morgan fingerprint density at radius 1 is 1.10 bits per heavy atom. The SMILES string of the molecule is CC(C)OC(=O)[C@H](C)NP(=O)(N[C@@H](C)C(=O)OC(C)C)OC[C@@]1(C(F)F)O[C@@H](n2cc(F)c(=O)[nH]c2=O)[C@@H](F)[C@@H]1O. The minimum absolute atomic E-state index is 0.110. The first-order valence-corrected chi connectivity index (χ1v) is 14.0. The van der Waals surface area contributed by atoms with Crippen LogP contribution in [0.15, 0.2) is 15.8 Å². The summed E-state index contributed by atoms with van der Waals surface area (Å²) in [4.78, 5) is 49.5. The number of nitrogens with one attached hydrogen (secondary N) is 3. The Kier molecular flexibility index (Phi) is 11.4. The van der Waals surface area contributed by atoms with Crippen molar-refractivity contribution in [3.8, 4) is 0 Å². The molecule has 0 spiro atoms. The number of aliphatic hydroxyl groups is 1. The first-order valence-electron chi connectivity index (χ1n) is 12.3. The Hall–Kier alpha value is -2.63. The number of ether oxygens (including phenoxy) is 3. The Bertz CT molecular complexity index is 1230. The molecule has 14 nitrogen and oxygen atoms in total. The molecule has 0 bridgehead atoms. The molecule has 1 aromatic rings. The van der Waals surface area contributed by atoms with Crippen LogP contribution in [0.3, 0.4) is 0 Å². The zero-order valence-electron chi connectivity index (χ0n) is 22.9. The van der Waals surface area contributed by atoms with Crippen LogP contribution < -0.4 is 21.4 Å². The number of alkyl halides is 3. The highest BCUT2D eigenvalue weighted by Crippen LogP contribution is 2.47. The van der Waals surface area contributed by atoms with Crippen LogP contribution in [0, 0.1) is 5.82 Å². The summed E-state index contributed by atoms with van der Waals surface area (Å²) in [6.07, 6.45) is -12.7. The number of aromatic amines is 1. The van der Waals surface area contributed by atoms with Crippen molar-refractivity contribution < 1.29 is 55.6 Å². The van der Waals surface area contributed by atoms with Crippen molar-refractivity contribution in [2.45, 2.75) is 96.4 Å². The molecule has 1 fully saturated rings. The predicted molar refractivity (Wildman–Crippen MR) is 132 cm³/mol. The number of hydrogen-bond acceptors (Lipinski definition) is 10. The summed E-state index contributed by atoms with van der Waals surface area (Å²) in [6.45, 7) is 6.94. The maximum atomic E-state index is 15.1. The number of esters is 2. The maximum absolute atomic E-state index is 15.1. The molecule has 0 aliphatic carbocycles. The van der Waals surface area contributed by atoms with Crippen LogP contribution in [0.1, 0.15) is 47.8 Å². The van der Waals surface area contributed by atoms with Crippen LogP contribution in [0.4, 0.5) is 17.6 Å². The molecule has 0 unspecified atom stereocenters. The molecule has 41 heavy (non-hydrogen) atoms. The molecular weight excluding hydrogens is 587 g/mol. The molecule has 1 aliphatic heterocycles. The fraction of sp³-hybridized carbons (Fsp3) is 0.727. The third-order valence-electron chi connectivity index (χ3n) is 5.59. The van der Waals surface area contributed by atoms with Gasteiger partial charge in [0.2, 0.25) is 5.82 Å². The van der Waals surface area contributed by atoms with E-state index in [9.17, 15) is 42.0 Å². The van der Waals surface area contributed by atoms with Crippen molar-refractivity contribution in [1.82, 2.24) is 19.7 Å². The topological polar surface area (TPSA) is 187 Å². The number of aromatic nitrogens is 2. The molecule has 0 amide bonds. The van der Waals surface area contributed by atoms with Crippen molar-refractivity contribution in [1.29, 1.82) is 0 Å². The van der Waals surface area contributed by atoms with Gasteiger partial charge in [-0.05, 0) is 41.5 Å². The lowest BCUT2D eigenvalue weighted by atomic mass is 9.97. The highest BCUT2D eigenvalue weighted by Gasteiger charge is 2.62. The van der Waals surface area contributed by atoms with Gasteiger partial charge in [0, 0.05) is 0 Å². The largest absolute Gasteiger partial charge is 0.462 e. The van der Waals surface area contributed by atoms with E-state index < -0.39 is 98.1 Å². The van der Waals surface area contributed by atoms with Gasteiger partial charge >= 0.3 is 25.3 Å². The Balaban J connectivity index is 2.42. The van der Waals surface area contributed by atoms with Gasteiger partial charge in [-0.25, -0.2) is 28.1 Å². The highest BCUT2D eigenvalue weighted by atomic mass is 31.2. The molecule has 1 aliphatic rings. The summed E-state index contributed by atoms with van der Waals surface area (Å²) < 4.78 is 91.6. The van der Waals surface area contributed by atoms with Crippen LogP contribution in [-0.2, 0) is 32.9 Å². The number of halogens is 4. The molecule has 19 heteroatoms. The highest BCUT2D eigenvalue weighted by molar-refractivity contribution is 7.54. The smallest absolute Gasteiger partial charge is 0.342 e. The van der Waals surface area contributed by atoms with E-state index in [1.165, 1.54) is 46.5 Å². The van der Waals surface area contributed by atoms with Gasteiger partial charge in [-0.1, -0.05) is 0 Å². The van der Waals surface area contributed by atoms with Crippen LogP contribution in [-0.4, -0.2) is 81.8 Å². The zero-order valence-corrected chi connectivity index (χ0v) is 23.8. The lowest BCUT2D eigenvalue weighted by molar-refractivity contribution is -0.192. The number of nitrogens with zero attached hydrogens (tertiary/aromatic N) is 1. The summed E-state index contributed by atoms with van der Waals surface area (Å²) in [7, 11) is -4.75. The molecule has 1 saturated heterocycles. The number of carbonyl (C=O) groups is 2. The summed E-state index contributed by atoms with van der Waals surface area (Å²) in [5, 5.41) is 14.9. The van der Waals surface area contributed by atoms with Gasteiger partial charge in [-0.15, -0.1) is 0 Å². The molecule has 234 valence electrons. The third-order valence-corrected chi connectivity index (χ3v) is 7.54. The first kappa shape index (κ1) is 34.6. The van der Waals surface area contributed by atoms with E-state index in [-0.39, 0.29) is 10.8 Å². The van der Waals surface area contributed by atoms with Crippen LogP contribution in [0.2, 0.25) is 0 Å². The number of aliphatic hydroxyl groups excluding tert-OH is 1. The molecule has 2 rings (SSSR count). The van der Waals surface area contributed by atoms with Crippen molar-refractivity contribution >= 4 is 19.6 Å². The van der Waals surface area contributed by atoms with E-state index in [4.69, 9.17) is 18.7 Å². The fourth-order valence-corrected chi connectivity index (χ4v) is 5.43. The number of carbonyl (C=O) groups excluding carboxylic acids is 2. The minimum Gasteiger partial charge on any atom is -0.462 e. The van der Waals surface area contributed by atoms with Gasteiger partial charge < -0.3 is 23.8 Å². The fourth-order valence-electron chi connectivity index (χ4n) is 3.60. The van der Waals surface area contributed by atoms with E-state index in [1.54, 1.807) is 0 Å². The zero-order chi connectivity index (χ0) is 31.4. The average Bonchev–Trinajstić information content (AvgIpc) is 3.10. The molecule has 4 N–H and O–H groups in total. The standard InChI is InChI=1S/C22H33F4N4O10P/c1-9(2)38-18(33)11(5)28-41(36,29-12(6)19(34)39-10(3)4)37-8-22(20(25)26)15(31)14(24)17(40-22)30-7-13(23)16(32)27-21(30)35/h7,9-12,14-15,17,20,31H,8H2,1-6H3,(H,27,32,35)(H2,28,29,36)/t11-,12-,14-,15-,17+,22+/m0/s1. The van der Waals surface area contributed by atoms with Crippen LogP contribution in [0.5, 0.6) is 0 Å². The van der Waals surface area contributed by atoms with Gasteiger partial charge in [-0.3, -0.25) is 28.5 Å². The van der Waals surface area contributed by atoms with Crippen molar-refractivity contribution in [2.24, 2.45) is 0 Å². The first-order chi connectivity index (χ1) is 18.8. The third kappa shape index (κ3) is 8.23.